The van der Waals surface area contributed by atoms with Gasteiger partial charge >= 0.3 is 0 Å². The van der Waals surface area contributed by atoms with E-state index in [4.69, 9.17) is 20.4 Å². The fourth-order valence-electron chi connectivity index (χ4n) is 4.57. The van der Waals surface area contributed by atoms with E-state index in [0.717, 1.165) is 67.4 Å². The minimum absolute atomic E-state index is 0.197. The summed E-state index contributed by atoms with van der Waals surface area (Å²) in [6, 6.07) is 0. The van der Waals surface area contributed by atoms with Crippen LogP contribution in [0.25, 0.3) is 21.6 Å². The topological polar surface area (TPSA) is 117 Å². The van der Waals surface area contributed by atoms with Crippen LogP contribution < -0.4 is 10.6 Å². The lowest BCUT2D eigenvalue weighted by atomic mass is 10.2. The van der Waals surface area contributed by atoms with Crippen LogP contribution in [0, 0.1) is 6.92 Å². The third-order valence-corrected chi connectivity index (χ3v) is 7.89. The summed E-state index contributed by atoms with van der Waals surface area (Å²) in [5.74, 6) is 1.96. The van der Waals surface area contributed by atoms with Gasteiger partial charge in [0.25, 0.3) is 0 Å². The SMILES string of the molecule is Cc1c(CN2CCN(C(=O)CN(C)C)CC2)sc2c(N3CCOCC3)nc(-c3cnc(N)nc3)nc12. The molecule has 3 aromatic rings. The molecule has 0 saturated carbocycles. The van der Waals surface area contributed by atoms with Gasteiger partial charge in [0, 0.05) is 63.1 Å². The highest BCUT2D eigenvalue weighted by Crippen LogP contribution is 2.38. The molecule has 0 atom stereocenters. The monoisotopic (exact) mass is 511 g/mol. The number of amides is 1. The van der Waals surface area contributed by atoms with Gasteiger partial charge in [-0.1, -0.05) is 0 Å². The Balaban J connectivity index is 1.42. The number of piperazine rings is 1. The third-order valence-electron chi connectivity index (χ3n) is 6.63. The molecule has 3 aromatic heterocycles. The molecule has 0 aromatic carbocycles. The molecule has 0 aliphatic carbocycles. The Morgan fingerprint density at radius 3 is 2.44 bits per heavy atom. The zero-order valence-corrected chi connectivity index (χ0v) is 21.9. The Morgan fingerprint density at radius 1 is 1.08 bits per heavy atom. The molecule has 5 rings (SSSR count). The van der Waals surface area contributed by atoms with E-state index in [1.165, 1.54) is 10.4 Å². The molecule has 2 aliphatic rings. The van der Waals surface area contributed by atoms with Gasteiger partial charge in [-0.25, -0.2) is 19.9 Å². The zero-order chi connectivity index (χ0) is 25.2. The molecule has 0 radical (unpaired) electrons. The number of likely N-dealkylation sites (N-methyl/N-ethyl adjacent to an activating group) is 1. The molecule has 1 amide bonds. The first-order valence-corrected chi connectivity index (χ1v) is 13.1. The van der Waals surface area contributed by atoms with Crippen LogP contribution in [-0.4, -0.2) is 114 Å². The number of hydrogen-bond acceptors (Lipinski definition) is 11. The van der Waals surface area contributed by atoms with E-state index in [2.05, 4.69) is 26.7 Å². The molecule has 12 heteroatoms. The van der Waals surface area contributed by atoms with E-state index in [1.54, 1.807) is 23.7 Å². The second-order valence-corrected chi connectivity index (χ2v) is 10.6. The maximum Gasteiger partial charge on any atom is 0.236 e. The number of ether oxygens (including phenoxy) is 1. The predicted octanol–water partition coefficient (Wildman–Crippen LogP) is 1.08. The fourth-order valence-corrected chi connectivity index (χ4v) is 5.88. The molecule has 2 aliphatic heterocycles. The average Bonchev–Trinajstić information content (AvgIpc) is 3.19. The number of nitrogens with two attached hydrogens (primary N) is 1. The number of hydrogen-bond donors (Lipinski definition) is 1. The smallest absolute Gasteiger partial charge is 0.236 e. The van der Waals surface area contributed by atoms with Crippen LogP contribution >= 0.6 is 11.3 Å². The summed E-state index contributed by atoms with van der Waals surface area (Å²) in [5, 5.41) is 0. The number of aromatic nitrogens is 4. The van der Waals surface area contributed by atoms with Crippen LogP contribution in [0.15, 0.2) is 12.4 Å². The van der Waals surface area contributed by atoms with Gasteiger partial charge < -0.3 is 25.2 Å². The van der Waals surface area contributed by atoms with Gasteiger partial charge in [0.1, 0.15) is 0 Å². The number of thiophene rings is 1. The van der Waals surface area contributed by atoms with E-state index in [1.807, 2.05) is 23.9 Å². The van der Waals surface area contributed by atoms with Crippen molar-refractivity contribution in [2.45, 2.75) is 13.5 Å². The first kappa shape index (κ1) is 24.8. The van der Waals surface area contributed by atoms with E-state index < -0.39 is 0 Å². The van der Waals surface area contributed by atoms with Gasteiger partial charge in [0.05, 0.1) is 35.5 Å². The highest BCUT2D eigenvalue weighted by molar-refractivity contribution is 7.19. The minimum atomic E-state index is 0.197. The van der Waals surface area contributed by atoms with E-state index >= 15 is 0 Å². The number of anilines is 2. The quantitative estimate of drug-likeness (QED) is 0.515. The van der Waals surface area contributed by atoms with Crippen molar-refractivity contribution in [1.29, 1.82) is 0 Å². The third kappa shape index (κ3) is 5.26. The lowest BCUT2D eigenvalue weighted by molar-refractivity contribution is -0.133. The Morgan fingerprint density at radius 2 is 1.78 bits per heavy atom. The lowest BCUT2D eigenvalue weighted by Crippen LogP contribution is -2.50. The average molecular weight is 512 g/mol. The van der Waals surface area contributed by atoms with Crippen molar-refractivity contribution in [2.75, 3.05) is 83.8 Å². The molecule has 11 nitrogen and oxygen atoms in total. The number of aryl methyl sites for hydroxylation is 1. The van der Waals surface area contributed by atoms with Crippen molar-refractivity contribution in [3.63, 3.8) is 0 Å². The summed E-state index contributed by atoms with van der Waals surface area (Å²) in [6.07, 6.45) is 3.35. The second-order valence-electron chi connectivity index (χ2n) is 9.52. The maximum absolute atomic E-state index is 12.4. The maximum atomic E-state index is 12.4. The number of nitrogens with zero attached hydrogens (tertiary/aromatic N) is 8. The van der Waals surface area contributed by atoms with Gasteiger partial charge in [0.2, 0.25) is 11.9 Å². The molecular weight excluding hydrogens is 478 g/mol. The molecule has 0 bridgehead atoms. The Hall–Kier alpha value is -2.93. The van der Waals surface area contributed by atoms with Crippen molar-refractivity contribution >= 4 is 39.2 Å². The number of nitrogen functional groups attached to an aromatic ring is 1. The zero-order valence-electron chi connectivity index (χ0n) is 21.1. The van der Waals surface area contributed by atoms with Crippen molar-refractivity contribution < 1.29 is 9.53 Å². The summed E-state index contributed by atoms with van der Waals surface area (Å²) in [4.78, 5) is 40.5. The Kier molecular flexibility index (Phi) is 7.28. The van der Waals surface area contributed by atoms with Crippen LogP contribution in [0.4, 0.5) is 11.8 Å². The van der Waals surface area contributed by atoms with Crippen LogP contribution in [0.5, 0.6) is 0 Å². The molecule has 5 heterocycles. The van der Waals surface area contributed by atoms with Gasteiger partial charge in [-0.2, -0.15) is 0 Å². The summed E-state index contributed by atoms with van der Waals surface area (Å²) < 4.78 is 6.69. The van der Waals surface area contributed by atoms with Gasteiger partial charge in [-0.3, -0.25) is 9.69 Å². The normalized spacial score (nSPS) is 17.3. The number of rotatable bonds is 6. The number of fused-ring (bicyclic) bond motifs is 1. The Bertz CT molecular complexity index is 1220. The van der Waals surface area contributed by atoms with E-state index in [9.17, 15) is 4.79 Å². The molecule has 192 valence electrons. The molecule has 2 saturated heterocycles. The van der Waals surface area contributed by atoms with Gasteiger partial charge in [0.15, 0.2) is 11.6 Å². The van der Waals surface area contributed by atoms with Gasteiger partial charge in [-0.05, 0) is 26.6 Å². The largest absolute Gasteiger partial charge is 0.378 e. The Labute approximate surface area is 214 Å². The molecule has 2 fully saturated rings. The van der Waals surface area contributed by atoms with Crippen molar-refractivity contribution in [3.8, 4) is 11.4 Å². The number of morpholine rings is 1. The first-order chi connectivity index (χ1) is 17.4. The number of carbonyl (C=O) groups excluding carboxylic acids is 1. The van der Waals surface area contributed by atoms with Crippen LogP contribution in [-0.2, 0) is 16.1 Å². The van der Waals surface area contributed by atoms with Crippen LogP contribution in [0.3, 0.4) is 0 Å². The minimum Gasteiger partial charge on any atom is -0.378 e. The first-order valence-electron chi connectivity index (χ1n) is 12.2. The molecule has 36 heavy (non-hydrogen) atoms. The highest BCUT2D eigenvalue weighted by atomic mass is 32.1. The molecule has 2 N–H and O–H groups in total. The fraction of sp³-hybridized carbons (Fsp3) is 0.542. The van der Waals surface area contributed by atoms with Crippen LogP contribution in [0.1, 0.15) is 10.4 Å². The summed E-state index contributed by atoms with van der Waals surface area (Å²) in [7, 11) is 3.86. The van der Waals surface area contributed by atoms with Gasteiger partial charge in [-0.15, -0.1) is 11.3 Å². The standard InChI is InChI=1S/C24H33N9O2S/c1-16-18(14-31-4-6-32(7-5-31)19(34)15-30(2)3)36-21-20(16)28-22(17-12-26-24(25)27-13-17)29-23(21)33-8-10-35-11-9-33/h12-13H,4-11,14-15H2,1-3H3,(H2,25,26,27). The van der Waals surface area contributed by atoms with E-state index in [0.29, 0.717) is 25.6 Å². The molecule has 0 unspecified atom stereocenters. The summed E-state index contributed by atoms with van der Waals surface area (Å²) >= 11 is 1.77. The molecular formula is C24H33N9O2S. The summed E-state index contributed by atoms with van der Waals surface area (Å²) in [5.41, 5.74) is 8.58. The van der Waals surface area contributed by atoms with Crippen molar-refractivity contribution in [1.82, 2.24) is 34.6 Å². The number of carbonyl (C=O) groups is 1. The van der Waals surface area contributed by atoms with E-state index in [-0.39, 0.29) is 11.9 Å². The second kappa shape index (κ2) is 10.6. The van der Waals surface area contributed by atoms with Crippen molar-refractivity contribution in [2.24, 2.45) is 0 Å². The van der Waals surface area contributed by atoms with Crippen LogP contribution in [0.2, 0.25) is 0 Å². The molecule has 0 spiro atoms. The lowest BCUT2D eigenvalue weighted by Gasteiger charge is -2.35. The highest BCUT2D eigenvalue weighted by Gasteiger charge is 2.25. The predicted molar refractivity (Wildman–Crippen MR) is 141 cm³/mol. The van der Waals surface area contributed by atoms with Crippen molar-refractivity contribution in [3.05, 3.63) is 22.8 Å². The summed E-state index contributed by atoms with van der Waals surface area (Å²) in [6.45, 7) is 9.63.